The fourth-order valence-corrected chi connectivity index (χ4v) is 5.66. The largest absolute Gasteiger partial charge is 0.325 e. The predicted octanol–water partition coefficient (Wildman–Crippen LogP) is 3.54. The molecule has 3 aromatic rings. The van der Waals surface area contributed by atoms with Gasteiger partial charge in [0.1, 0.15) is 6.04 Å². The Balaban J connectivity index is 1.65. The van der Waals surface area contributed by atoms with E-state index in [1.54, 1.807) is 30.3 Å². The van der Waals surface area contributed by atoms with E-state index < -0.39 is 16.1 Å². The van der Waals surface area contributed by atoms with Gasteiger partial charge in [0.2, 0.25) is 15.9 Å². The Hall–Kier alpha value is -2.35. The fraction of sp³-hybridized carbons (Fsp3) is 0.190. The summed E-state index contributed by atoms with van der Waals surface area (Å²) < 4.78 is 27.9. The first kappa shape index (κ1) is 19.0. The van der Waals surface area contributed by atoms with Gasteiger partial charge in [0.25, 0.3) is 0 Å². The number of anilines is 1. The van der Waals surface area contributed by atoms with E-state index in [2.05, 4.69) is 17.9 Å². The highest BCUT2D eigenvalue weighted by atomic mass is 32.2. The number of hydrogen-bond donors (Lipinski definition) is 2. The van der Waals surface area contributed by atoms with Gasteiger partial charge in [-0.05, 0) is 41.5 Å². The molecule has 1 heterocycles. The van der Waals surface area contributed by atoms with Crippen molar-refractivity contribution in [2.45, 2.75) is 22.6 Å². The molecule has 5 nitrogen and oxygen atoms in total. The third kappa shape index (κ3) is 3.65. The Morgan fingerprint density at radius 1 is 0.964 bits per heavy atom. The quantitative estimate of drug-likeness (QED) is 0.644. The minimum atomic E-state index is -3.83. The molecule has 0 aliphatic carbocycles. The molecule has 1 aliphatic rings. The zero-order chi connectivity index (χ0) is 19.7. The first-order chi connectivity index (χ1) is 13.4. The standard InChI is InChI=1S/C21H20N2O3S2/c24-21(22-17-8-2-1-3-9-17)20-13-18(27)14-23(20)28(25,26)19-11-10-15-6-4-5-7-16(15)12-19/h1-12,18,20,27H,13-14H2,(H,22,24). The molecule has 4 rings (SSSR count). The number of carbonyl (C=O) groups is 1. The summed E-state index contributed by atoms with van der Waals surface area (Å²) in [6, 6.07) is 20.9. The van der Waals surface area contributed by atoms with Gasteiger partial charge in [-0.15, -0.1) is 0 Å². The number of benzene rings is 3. The lowest BCUT2D eigenvalue weighted by Gasteiger charge is -2.23. The lowest BCUT2D eigenvalue weighted by Crippen LogP contribution is -2.43. The van der Waals surface area contributed by atoms with Gasteiger partial charge in [-0.25, -0.2) is 8.42 Å². The second-order valence-corrected chi connectivity index (χ2v) is 9.47. The summed E-state index contributed by atoms with van der Waals surface area (Å²) in [7, 11) is -3.83. The number of hydrogen-bond acceptors (Lipinski definition) is 4. The number of thiol groups is 1. The molecule has 2 unspecified atom stereocenters. The smallest absolute Gasteiger partial charge is 0.243 e. The summed E-state index contributed by atoms with van der Waals surface area (Å²) in [5, 5.41) is 4.42. The Bertz CT molecular complexity index is 1120. The van der Waals surface area contributed by atoms with E-state index in [0.717, 1.165) is 10.8 Å². The molecular weight excluding hydrogens is 392 g/mol. The first-order valence-corrected chi connectivity index (χ1v) is 11.0. The van der Waals surface area contributed by atoms with Crippen molar-refractivity contribution in [3.8, 4) is 0 Å². The monoisotopic (exact) mass is 412 g/mol. The van der Waals surface area contributed by atoms with E-state index in [1.165, 1.54) is 4.31 Å². The molecule has 3 aromatic carbocycles. The molecule has 1 fully saturated rings. The molecule has 0 spiro atoms. The molecule has 1 amide bonds. The van der Waals surface area contributed by atoms with Crippen molar-refractivity contribution in [1.29, 1.82) is 0 Å². The first-order valence-electron chi connectivity index (χ1n) is 9.00. The SMILES string of the molecule is O=C(Nc1ccccc1)C1CC(S)CN1S(=O)(=O)c1ccc2ccccc2c1. The Kier molecular flexibility index (Phi) is 5.14. The van der Waals surface area contributed by atoms with Gasteiger partial charge >= 0.3 is 0 Å². The summed E-state index contributed by atoms with van der Waals surface area (Å²) in [6.45, 7) is 0.200. The molecule has 2 atom stereocenters. The lowest BCUT2D eigenvalue weighted by molar-refractivity contribution is -0.119. The van der Waals surface area contributed by atoms with Crippen LogP contribution in [0.2, 0.25) is 0 Å². The van der Waals surface area contributed by atoms with E-state index >= 15 is 0 Å². The summed E-state index contributed by atoms with van der Waals surface area (Å²) in [5.74, 6) is -0.341. The number of amides is 1. The van der Waals surface area contributed by atoms with Crippen LogP contribution in [0, 0.1) is 0 Å². The van der Waals surface area contributed by atoms with Crippen molar-refractivity contribution in [3.05, 3.63) is 72.8 Å². The maximum absolute atomic E-state index is 13.3. The molecule has 144 valence electrons. The number of para-hydroxylation sites is 1. The topological polar surface area (TPSA) is 66.5 Å². The third-order valence-electron chi connectivity index (χ3n) is 4.91. The van der Waals surface area contributed by atoms with Crippen LogP contribution in [-0.4, -0.2) is 36.5 Å². The van der Waals surface area contributed by atoms with Crippen LogP contribution in [-0.2, 0) is 14.8 Å². The van der Waals surface area contributed by atoms with Crippen molar-refractivity contribution in [1.82, 2.24) is 4.31 Å². The molecule has 1 saturated heterocycles. The van der Waals surface area contributed by atoms with Crippen molar-refractivity contribution in [2.75, 3.05) is 11.9 Å². The van der Waals surface area contributed by atoms with Crippen molar-refractivity contribution in [2.24, 2.45) is 0 Å². The average molecular weight is 413 g/mol. The maximum atomic E-state index is 13.3. The van der Waals surface area contributed by atoms with Crippen LogP contribution in [0.3, 0.4) is 0 Å². The zero-order valence-electron chi connectivity index (χ0n) is 15.0. The minimum Gasteiger partial charge on any atom is -0.325 e. The van der Waals surface area contributed by atoms with Crippen LogP contribution < -0.4 is 5.32 Å². The van der Waals surface area contributed by atoms with E-state index in [4.69, 9.17) is 0 Å². The van der Waals surface area contributed by atoms with Crippen LogP contribution in [0.1, 0.15) is 6.42 Å². The van der Waals surface area contributed by atoms with Gasteiger partial charge in [-0.1, -0.05) is 48.5 Å². The molecule has 1 N–H and O–H groups in total. The van der Waals surface area contributed by atoms with Gasteiger partial charge in [-0.3, -0.25) is 4.79 Å². The van der Waals surface area contributed by atoms with Crippen LogP contribution >= 0.6 is 12.6 Å². The maximum Gasteiger partial charge on any atom is 0.243 e. The summed E-state index contributed by atoms with van der Waals surface area (Å²) in [6.07, 6.45) is 0.370. The number of rotatable bonds is 4. The van der Waals surface area contributed by atoms with E-state index in [1.807, 2.05) is 42.5 Å². The van der Waals surface area contributed by atoms with Gasteiger partial charge in [0.05, 0.1) is 4.90 Å². The fourth-order valence-electron chi connectivity index (χ4n) is 3.50. The molecule has 0 aromatic heterocycles. The van der Waals surface area contributed by atoms with Crippen molar-refractivity contribution < 1.29 is 13.2 Å². The highest BCUT2D eigenvalue weighted by molar-refractivity contribution is 7.89. The molecule has 0 radical (unpaired) electrons. The lowest BCUT2D eigenvalue weighted by atomic mass is 10.1. The van der Waals surface area contributed by atoms with Crippen molar-refractivity contribution in [3.63, 3.8) is 0 Å². The van der Waals surface area contributed by atoms with Gasteiger partial charge in [-0.2, -0.15) is 16.9 Å². The Morgan fingerprint density at radius 3 is 2.39 bits per heavy atom. The number of sulfonamides is 1. The summed E-state index contributed by atoms with van der Waals surface area (Å²) >= 11 is 4.45. The normalized spacial score (nSPS) is 20.3. The average Bonchev–Trinajstić information content (AvgIpc) is 3.11. The number of carbonyl (C=O) groups excluding carboxylic acids is 1. The number of fused-ring (bicyclic) bond motifs is 1. The molecule has 28 heavy (non-hydrogen) atoms. The Labute approximate surface area is 169 Å². The number of nitrogens with zero attached hydrogens (tertiary/aromatic N) is 1. The second-order valence-electron chi connectivity index (χ2n) is 6.84. The Morgan fingerprint density at radius 2 is 1.64 bits per heavy atom. The minimum absolute atomic E-state index is 0.186. The third-order valence-corrected chi connectivity index (χ3v) is 7.15. The molecule has 0 saturated carbocycles. The highest BCUT2D eigenvalue weighted by Gasteiger charge is 2.43. The molecule has 1 aliphatic heterocycles. The van der Waals surface area contributed by atoms with Crippen molar-refractivity contribution >= 4 is 45.0 Å². The summed E-state index contributed by atoms with van der Waals surface area (Å²) in [5.41, 5.74) is 0.637. The van der Waals surface area contributed by atoms with Gasteiger partial charge in [0.15, 0.2) is 0 Å². The zero-order valence-corrected chi connectivity index (χ0v) is 16.7. The van der Waals surface area contributed by atoms with Gasteiger partial charge in [0, 0.05) is 17.5 Å². The predicted molar refractivity (Wildman–Crippen MR) is 114 cm³/mol. The summed E-state index contributed by atoms with van der Waals surface area (Å²) in [4.78, 5) is 13.0. The van der Waals surface area contributed by atoms with Crippen LogP contribution in [0.4, 0.5) is 5.69 Å². The van der Waals surface area contributed by atoms with Crippen LogP contribution in [0.15, 0.2) is 77.7 Å². The van der Waals surface area contributed by atoms with Crippen LogP contribution in [0.25, 0.3) is 10.8 Å². The molecule has 0 bridgehead atoms. The van der Waals surface area contributed by atoms with Gasteiger partial charge < -0.3 is 5.32 Å². The van der Waals surface area contributed by atoms with E-state index in [9.17, 15) is 13.2 Å². The van der Waals surface area contributed by atoms with E-state index in [0.29, 0.717) is 12.1 Å². The number of nitrogens with one attached hydrogen (secondary N) is 1. The van der Waals surface area contributed by atoms with Crippen LogP contribution in [0.5, 0.6) is 0 Å². The highest BCUT2D eigenvalue weighted by Crippen LogP contribution is 2.31. The second kappa shape index (κ2) is 7.58. The molecular formula is C21H20N2O3S2. The van der Waals surface area contributed by atoms with E-state index in [-0.39, 0.29) is 22.6 Å². The molecule has 7 heteroatoms.